The van der Waals surface area contributed by atoms with E-state index in [0.717, 1.165) is 5.56 Å². The van der Waals surface area contributed by atoms with Crippen LogP contribution in [0.2, 0.25) is 5.02 Å². The minimum Gasteiger partial charge on any atom is -0.310 e. The smallest absolute Gasteiger partial charge is 0.128 e. The summed E-state index contributed by atoms with van der Waals surface area (Å²) in [7, 11) is 0. The molecule has 2 rings (SSSR count). The molecule has 1 atom stereocenters. The Hall–Kier alpha value is -1.45. The molecule has 1 unspecified atom stereocenters. The molecule has 0 radical (unpaired) electrons. The number of hydrogen-bond donors (Lipinski definition) is 1. The number of nitrogens with one attached hydrogen (secondary N) is 1. The van der Waals surface area contributed by atoms with Crippen molar-refractivity contribution in [3.63, 3.8) is 0 Å². The minimum absolute atomic E-state index is 0.309. The Morgan fingerprint density at radius 1 is 1.14 bits per heavy atom. The van der Waals surface area contributed by atoms with Crippen LogP contribution in [0.25, 0.3) is 0 Å². The van der Waals surface area contributed by atoms with Gasteiger partial charge in [-0.3, -0.25) is 0 Å². The van der Waals surface area contributed by atoms with Crippen LogP contribution in [0.1, 0.15) is 29.7 Å². The molecule has 0 aliphatic rings. The van der Waals surface area contributed by atoms with Crippen molar-refractivity contribution in [1.29, 1.82) is 0 Å². The lowest BCUT2D eigenvalue weighted by Gasteiger charge is -2.20. The molecule has 4 heteroatoms. The molecule has 0 bridgehead atoms. The summed E-state index contributed by atoms with van der Waals surface area (Å²) in [5, 5.41) is 3.83. The zero-order valence-corrected chi connectivity index (χ0v) is 12.8. The van der Waals surface area contributed by atoms with E-state index in [1.807, 2.05) is 25.1 Å². The number of benzene rings is 2. The Kier molecular flexibility index (Phi) is 5.32. The Labute approximate surface area is 128 Å². The van der Waals surface area contributed by atoms with E-state index in [9.17, 15) is 8.78 Å². The molecule has 0 aromatic heterocycles. The van der Waals surface area contributed by atoms with Crippen LogP contribution < -0.4 is 5.32 Å². The highest BCUT2D eigenvalue weighted by molar-refractivity contribution is 6.31. The predicted molar refractivity (Wildman–Crippen MR) is 82.7 cm³/mol. The molecular formula is C17H18ClF2N. The van der Waals surface area contributed by atoms with E-state index in [4.69, 9.17) is 11.6 Å². The van der Waals surface area contributed by atoms with Gasteiger partial charge in [0.25, 0.3) is 0 Å². The summed E-state index contributed by atoms with van der Waals surface area (Å²) in [4.78, 5) is 0. The van der Waals surface area contributed by atoms with E-state index >= 15 is 0 Å². The molecule has 0 amide bonds. The first kappa shape index (κ1) is 15.9. The lowest BCUT2D eigenvalue weighted by atomic mass is 9.97. The highest BCUT2D eigenvalue weighted by Gasteiger charge is 2.18. The maximum absolute atomic E-state index is 14.2. The van der Waals surface area contributed by atoms with E-state index < -0.39 is 11.6 Å². The van der Waals surface area contributed by atoms with E-state index in [2.05, 4.69) is 5.32 Å². The Bertz CT molecular complexity index is 628. The quantitative estimate of drug-likeness (QED) is 0.835. The van der Waals surface area contributed by atoms with Crippen LogP contribution in [0.3, 0.4) is 0 Å². The van der Waals surface area contributed by atoms with Crippen LogP contribution in [-0.2, 0) is 6.42 Å². The second-order valence-electron chi connectivity index (χ2n) is 5.03. The molecule has 0 heterocycles. The van der Waals surface area contributed by atoms with Gasteiger partial charge in [-0.05, 0) is 49.2 Å². The highest BCUT2D eigenvalue weighted by atomic mass is 35.5. The number of hydrogen-bond acceptors (Lipinski definition) is 1. The number of aryl methyl sites for hydroxylation is 1. The average molecular weight is 310 g/mol. The summed E-state index contributed by atoms with van der Waals surface area (Å²) in [6.07, 6.45) is 0.507. The predicted octanol–water partition coefficient (Wildman–Crippen LogP) is 4.82. The first-order valence-electron chi connectivity index (χ1n) is 6.95. The number of likely N-dealkylation sites (N-methyl/N-ethyl adjacent to an activating group) is 1. The molecule has 0 saturated carbocycles. The van der Waals surface area contributed by atoms with Crippen LogP contribution in [0, 0.1) is 18.6 Å². The molecule has 1 N–H and O–H groups in total. The summed E-state index contributed by atoms with van der Waals surface area (Å²) in [5.41, 5.74) is 1.55. The van der Waals surface area contributed by atoms with Crippen molar-refractivity contribution in [2.24, 2.45) is 0 Å². The van der Waals surface area contributed by atoms with Crippen molar-refractivity contribution in [3.05, 3.63) is 69.7 Å². The van der Waals surface area contributed by atoms with Crippen LogP contribution in [0.15, 0.2) is 36.4 Å². The molecule has 2 aromatic carbocycles. The largest absolute Gasteiger partial charge is 0.310 e. The summed E-state index contributed by atoms with van der Waals surface area (Å²) in [5.74, 6) is -0.791. The van der Waals surface area contributed by atoms with Gasteiger partial charge in [0, 0.05) is 16.6 Å². The zero-order chi connectivity index (χ0) is 15.4. The SMILES string of the molecule is CCNC(Cc1ccccc1Cl)c1cc(F)c(C)cc1F. The van der Waals surface area contributed by atoms with E-state index in [1.165, 1.54) is 12.1 Å². The first-order valence-corrected chi connectivity index (χ1v) is 7.33. The summed E-state index contributed by atoms with van der Waals surface area (Å²) in [6.45, 7) is 4.14. The van der Waals surface area contributed by atoms with Gasteiger partial charge in [-0.25, -0.2) is 8.78 Å². The van der Waals surface area contributed by atoms with Crippen molar-refractivity contribution in [2.45, 2.75) is 26.3 Å². The Balaban J connectivity index is 2.35. The fraction of sp³-hybridized carbons (Fsp3) is 0.294. The van der Waals surface area contributed by atoms with E-state index in [-0.39, 0.29) is 6.04 Å². The van der Waals surface area contributed by atoms with Crippen molar-refractivity contribution < 1.29 is 8.78 Å². The first-order chi connectivity index (χ1) is 10.0. The van der Waals surface area contributed by atoms with Crippen molar-refractivity contribution in [3.8, 4) is 0 Å². The van der Waals surface area contributed by atoms with Gasteiger partial charge < -0.3 is 5.32 Å². The van der Waals surface area contributed by atoms with Crippen molar-refractivity contribution in [1.82, 2.24) is 5.32 Å². The third kappa shape index (κ3) is 3.80. The fourth-order valence-corrected chi connectivity index (χ4v) is 2.56. The zero-order valence-electron chi connectivity index (χ0n) is 12.1. The molecular weight excluding hydrogens is 292 g/mol. The topological polar surface area (TPSA) is 12.0 Å². The second-order valence-corrected chi connectivity index (χ2v) is 5.44. The van der Waals surface area contributed by atoms with Gasteiger partial charge in [-0.15, -0.1) is 0 Å². The van der Waals surface area contributed by atoms with Gasteiger partial charge in [0.05, 0.1) is 0 Å². The fourth-order valence-electron chi connectivity index (χ4n) is 2.35. The summed E-state index contributed by atoms with van der Waals surface area (Å²) < 4.78 is 27.9. The van der Waals surface area contributed by atoms with Gasteiger partial charge in [0.15, 0.2) is 0 Å². The lowest BCUT2D eigenvalue weighted by Crippen LogP contribution is -2.24. The van der Waals surface area contributed by atoms with Gasteiger partial charge in [-0.2, -0.15) is 0 Å². The minimum atomic E-state index is -0.396. The molecule has 1 nitrogen and oxygen atoms in total. The maximum atomic E-state index is 14.2. The molecule has 0 fully saturated rings. The molecule has 21 heavy (non-hydrogen) atoms. The van der Waals surface area contributed by atoms with Gasteiger partial charge in [0.2, 0.25) is 0 Å². The van der Waals surface area contributed by atoms with Crippen LogP contribution >= 0.6 is 11.6 Å². The summed E-state index contributed by atoms with van der Waals surface area (Å²) >= 11 is 6.16. The van der Waals surface area contributed by atoms with Gasteiger partial charge >= 0.3 is 0 Å². The third-order valence-electron chi connectivity index (χ3n) is 3.49. The van der Waals surface area contributed by atoms with Crippen LogP contribution in [0.5, 0.6) is 0 Å². The number of halogens is 3. The molecule has 0 spiro atoms. The molecule has 2 aromatic rings. The molecule has 0 aliphatic carbocycles. The Morgan fingerprint density at radius 2 is 1.86 bits per heavy atom. The normalized spacial score (nSPS) is 12.4. The summed E-state index contributed by atoms with van der Waals surface area (Å²) in [6, 6.07) is 9.62. The number of rotatable bonds is 5. The standard InChI is InChI=1S/C17H18ClF2N/c1-3-21-17(9-12-6-4-5-7-14(12)18)13-10-15(19)11(2)8-16(13)20/h4-8,10,17,21H,3,9H2,1-2H3. The second kappa shape index (κ2) is 7.01. The van der Waals surface area contributed by atoms with Crippen molar-refractivity contribution in [2.75, 3.05) is 6.54 Å². The van der Waals surface area contributed by atoms with Gasteiger partial charge in [-0.1, -0.05) is 36.7 Å². The van der Waals surface area contributed by atoms with Gasteiger partial charge in [0.1, 0.15) is 11.6 Å². The van der Waals surface area contributed by atoms with E-state index in [0.29, 0.717) is 29.1 Å². The molecule has 0 aliphatic heterocycles. The lowest BCUT2D eigenvalue weighted by molar-refractivity contribution is 0.500. The van der Waals surface area contributed by atoms with E-state index in [1.54, 1.807) is 13.0 Å². The third-order valence-corrected chi connectivity index (χ3v) is 3.85. The Morgan fingerprint density at radius 3 is 2.52 bits per heavy atom. The average Bonchev–Trinajstić information content (AvgIpc) is 2.45. The van der Waals surface area contributed by atoms with Crippen molar-refractivity contribution >= 4 is 11.6 Å². The van der Waals surface area contributed by atoms with Crippen LogP contribution in [-0.4, -0.2) is 6.54 Å². The molecule has 112 valence electrons. The monoisotopic (exact) mass is 309 g/mol. The van der Waals surface area contributed by atoms with Crippen LogP contribution in [0.4, 0.5) is 8.78 Å². The highest BCUT2D eigenvalue weighted by Crippen LogP contribution is 2.26. The molecule has 0 saturated heterocycles. The maximum Gasteiger partial charge on any atom is 0.128 e.